The van der Waals surface area contributed by atoms with Gasteiger partial charge in [-0.1, -0.05) is 0 Å². The molecule has 1 aromatic rings. The number of carboxylic acid groups (broad SMARTS) is 1. The van der Waals surface area contributed by atoms with Crippen molar-refractivity contribution in [3.63, 3.8) is 0 Å². The Hall–Kier alpha value is -1.08. The van der Waals surface area contributed by atoms with Crippen LogP contribution in [0.3, 0.4) is 0 Å². The minimum atomic E-state index is -4.71. The Morgan fingerprint density at radius 1 is 1.58 bits per heavy atom. The molecule has 1 aliphatic rings. The SMILES string of the molecule is Cc1ccsc1CN1CCC(C(=O)O)(C(F)(F)F)C1. The first-order chi connectivity index (χ1) is 8.76. The fraction of sp³-hybridized carbons (Fsp3) is 0.583. The zero-order valence-electron chi connectivity index (χ0n) is 10.3. The summed E-state index contributed by atoms with van der Waals surface area (Å²) in [6.07, 6.45) is -5.09. The molecular weight excluding hydrogens is 279 g/mol. The molecule has 0 spiro atoms. The van der Waals surface area contributed by atoms with Gasteiger partial charge in [0.2, 0.25) is 0 Å². The van der Waals surface area contributed by atoms with E-state index in [2.05, 4.69) is 0 Å². The van der Waals surface area contributed by atoms with Gasteiger partial charge in [-0.3, -0.25) is 9.69 Å². The van der Waals surface area contributed by atoms with Crippen LogP contribution in [0.5, 0.6) is 0 Å². The van der Waals surface area contributed by atoms with Gasteiger partial charge in [0.1, 0.15) is 0 Å². The van der Waals surface area contributed by atoms with Gasteiger partial charge in [-0.2, -0.15) is 13.2 Å². The number of thiophene rings is 1. The fourth-order valence-corrected chi connectivity index (χ4v) is 3.27. The Kier molecular flexibility index (Phi) is 3.61. The maximum atomic E-state index is 13.0. The van der Waals surface area contributed by atoms with Crippen molar-refractivity contribution in [2.45, 2.75) is 26.1 Å². The van der Waals surface area contributed by atoms with Gasteiger partial charge in [-0.15, -0.1) is 11.3 Å². The molecule has 7 heteroatoms. The van der Waals surface area contributed by atoms with Gasteiger partial charge in [0.15, 0.2) is 5.41 Å². The third-order valence-electron chi connectivity index (χ3n) is 3.64. The van der Waals surface area contributed by atoms with Crippen LogP contribution in [0.4, 0.5) is 13.2 Å². The van der Waals surface area contributed by atoms with E-state index >= 15 is 0 Å². The molecule has 0 saturated carbocycles. The highest BCUT2D eigenvalue weighted by Gasteiger charge is 2.63. The number of nitrogens with zero attached hydrogens (tertiary/aromatic N) is 1. The smallest absolute Gasteiger partial charge is 0.406 e. The molecule has 0 aromatic carbocycles. The molecule has 106 valence electrons. The van der Waals surface area contributed by atoms with Gasteiger partial charge in [-0.05, 0) is 30.4 Å². The van der Waals surface area contributed by atoms with E-state index in [-0.39, 0.29) is 13.0 Å². The number of rotatable bonds is 3. The van der Waals surface area contributed by atoms with Crippen LogP contribution in [0, 0.1) is 12.3 Å². The van der Waals surface area contributed by atoms with Gasteiger partial charge >= 0.3 is 12.1 Å². The second-order valence-electron chi connectivity index (χ2n) is 4.87. The molecule has 1 atom stereocenters. The van der Waals surface area contributed by atoms with Gasteiger partial charge in [0.25, 0.3) is 0 Å². The molecule has 1 unspecified atom stereocenters. The highest BCUT2D eigenvalue weighted by molar-refractivity contribution is 7.10. The Morgan fingerprint density at radius 3 is 2.68 bits per heavy atom. The van der Waals surface area contributed by atoms with E-state index < -0.39 is 24.1 Å². The van der Waals surface area contributed by atoms with Crippen LogP contribution < -0.4 is 0 Å². The molecule has 0 radical (unpaired) electrons. The third-order valence-corrected chi connectivity index (χ3v) is 4.64. The maximum Gasteiger partial charge on any atom is 0.406 e. The summed E-state index contributed by atoms with van der Waals surface area (Å²) in [7, 11) is 0. The Labute approximate surface area is 112 Å². The van der Waals surface area contributed by atoms with Crippen LogP contribution in [0.25, 0.3) is 0 Å². The number of halogens is 3. The lowest BCUT2D eigenvalue weighted by Gasteiger charge is -2.27. The number of aryl methyl sites for hydroxylation is 1. The van der Waals surface area contributed by atoms with Crippen molar-refractivity contribution in [1.29, 1.82) is 0 Å². The zero-order chi connectivity index (χ0) is 14.3. The number of hydrogen-bond donors (Lipinski definition) is 1. The Bertz CT molecular complexity index is 486. The zero-order valence-corrected chi connectivity index (χ0v) is 11.1. The summed E-state index contributed by atoms with van der Waals surface area (Å²) < 4.78 is 39.0. The normalized spacial score (nSPS) is 24.8. The second-order valence-corrected chi connectivity index (χ2v) is 5.87. The maximum absolute atomic E-state index is 13.0. The molecular formula is C12H14F3NO2S. The quantitative estimate of drug-likeness (QED) is 0.931. The lowest BCUT2D eigenvalue weighted by Crippen LogP contribution is -2.47. The van der Waals surface area contributed by atoms with Crippen molar-refractivity contribution in [1.82, 2.24) is 4.90 Å². The summed E-state index contributed by atoms with van der Waals surface area (Å²) in [6, 6.07) is 1.91. The van der Waals surface area contributed by atoms with E-state index in [0.717, 1.165) is 10.4 Å². The highest BCUT2D eigenvalue weighted by atomic mass is 32.1. The van der Waals surface area contributed by atoms with Crippen molar-refractivity contribution in [3.8, 4) is 0 Å². The molecule has 0 amide bonds. The van der Waals surface area contributed by atoms with E-state index in [9.17, 15) is 18.0 Å². The minimum absolute atomic E-state index is 0.156. The van der Waals surface area contributed by atoms with Crippen LogP contribution in [-0.4, -0.2) is 35.2 Å². The molecule has 1 aromatic heterocycles. The molecule has 0 bridgehead atoms. The third kappa shape index (κ3) is 2.49. The lowest BCUT2D eigenvalue weighted by atomic mass is 9.86. The Balaban J connectivity index is 2.14. The molecule has 1 aliphatic heterocycles. The summed E-state index contributed by atoms with van der Waals surface area (Å²) in [5.74, 6) is -1.77. The first kappa shape index (κ1) is 14.3. The summed E-state index contributed by atoms with van der Waals surface area (Å²) in [5.41, 5.74) is -1.58. The van der Waals surface area contributed by atoms with E-state index in [0.29, 0.717) is 6.54 Å². The monoisotopic (exact) mass is 293 g/mol. The molecule has 1 saturated heterocycles. The van der Waals surface area contributed by atoms with Gasteiger partial charge in [-0.25, -0.2) is 0 Å². The molecule has 3 nitrogen and oxygen atoms in total. The number of hydrogen-bond acceptors (Lipinski definition) is 3. The summed E-state index contributed by atoms with van der Waals surface area (Å²) in [5, 5.41) is 10.8. The second kappa shape index (κ2) is 4.79. The average molecular weight is 293 g/mol. The minimum Gasteiger partial charge on any atom is -0.481 e. The van der Waals surface area contributed by atoms with Crippen molar-refractivity contribution in [3.05, 3.63) is 21.9 Å². The number of alkyl halides is 3. The van der Waals surface area contributed by atoms with Crippen molar-refractivity contribution in [2.24, 2.45) is 5.41 Å². The van der Waals surface area contributed by atoms with Crippen LogP contribution in [0.15, 0.2) is 11.4 Å². The van der Waals surface area contributed by atoms with E-state index in [1.165, 1.54) is 11.3 Å². The van der Waals surface area contributed by atoms with Crippen molar-refractivity contribution in [2.75, 3.05) is 13.1 Å². The first-order valence-corrected chi connectivity index (χ1v) is 6.70. The molecule has 0 aliphatic carbocycles. The number of likely N-dealkylation sites (tertiary alicyclic amines) is 1. The fourth-order valence-electron chi connectivity index (χ4n) is 2.32. The van der Waals surface area contributed by atoms with Crippen molar-refractivity contribution >= 4 is 17.3 Å². The van der Waals surface area contributed by atoms with E-state index in [1.54, 1.807) is 4.90 Å². The number of carbonyl (C=O) groups is 1. The Morgan fingerprint density at radius 2 is 2.26 bits per heavy atom. The molecule has 1 N–H and O–H groups in total. The van der Waals surface area contributed by atoms with Gasteiger partial charge in [0, 0.05) is 24.5 Å². The number of aliphatic carboxylic acids is 1. The number of carboxylic acids is 1. The van der Waals surface area contributed by atoms with Crippen molar-refractivity contribution < 1.29 is 23.1 Å². The highest BCUT2D eigenvalue weighted by Crippen LogP contribution is 2.46. The predicted molar refractivity (Wildman–Crippen MR) is 65.1 cm³/mol. The van der Waals surface area contributed by atoms with Crippen LogP contribution in [-0.2, 0) is 11.3 Å². The molecule has 2 heterocycles. The first-order valence-electron chi connectivity index (χ1n) is 5.82. The molecule has 1 fully saturated rings. The summed E-state index contributed by atoms with van der Waals surface area (Å²) in [6.45, 7) is 1.97. The van der Waals surface area contributed by atoms with Gasteiger partial charge in [0.05, 0.1) is 0 Å². The topological polar surface area (TPSA) is 40.5 Å². The summed E-state index contributed by atoms with van der Waals surface area (Å²) >= 11 is 1.48. The summed E-state index contributed by atoms with van der Waals surface area (Å²) in [4.78, 5) is 13.6. The lowest BCUT2D eigenvalue weighted by molar-refractivity contribution is -0.227. The van der Waals surface area contributed by atoms with Crippen LogP contribution in [0.1, 0.15) is 16.9 Å². The van der Waals surface area contributed by atoms with E-state index in [1.807, 2.05) is 18.4 Å². The average Bonchev–Trinajstić information content (AvgIpc) is 2.87. The molecule has 2 rings (SSSR count). The standard InChI is InChI=1S/C12H14F3NO2S/c1-8-2-5-19-9(8)6-16-4-3-11(7-16,10(17)18)12(13,14)15/h2,5H,3-4,6-7H2,1H3,(H,17,18). The largest absolute Gasteiger partial charge is 0.481 e. The van der Waals surface area contributed by atoms with E-state index in [4.69, 9.17) is 5.11 Å². The van der Waals surface area contributed by atoms with Crippen LogP contribution in [0.2, 0.25) is 0 Å². The van der Waals surface area contributed by atoms with Crippen LogP contribution >= 0.6 is 11.3 Å². The van der Waals surface area contributed by atoms with Gasteiger partial charge < -0.3 is 5.11 Å². The molecule has 19 heavy (non-hydrogen) atoms. The predicted octanol–water partition coefficient (Wildman–Crippen LogP) is 2.90.